The third kappa shape index (κ3) is 6.15. The number of rotatable bonds is 9. The summed E-state index contributed by atoms with van der Waals surface area (Å²) in [6.45, 7) is 4.19. The first-order valence-corrected chi connectivity index (χ1v) is 10.2. The number of hydrogen-bond acceptors (Lipinski definition) is 3. The van der Waals surface area contributed by atoms with Crippen LogP contribution >= 0.6 is 22.9 Å². The average Bonchev–Trinajstić information content (AvgIpc) is 3.15. The molecule has 6 heteroatoms. The fourth-order valence-corrected chi connectivity index (χ4v) is 3.39. The van der Waals surface area contributed by atoms with Crippen LogP contribution in [-0.2, 0) is 0 Å². The molecule has 0 aliphatic heterocycles. The second-order valence-corrected chi connectivity index (χ2v) is 7.70. The van der Waals surface area contributed by atoms with Gasteiger partial charge < -0.3 is 10.6 Å². The van der Waals surface area contributed by atoms with Gasteiger partial charge in [-0.1, -0.05) is 50.3 Å². The molecule has 1 atom stereocenters. The lowest BCUT2D eigenvalue weighted by Gasteiger charge is -2.15. The molecule has 4 nitrogen and oxygen atoms in total. The first kappa shape index (κ1) is 20.5. The molecule has 0 saturated carbocycles. The molecule has 26 heavy (non-hydrogen) atoms. The van der Waals surface area contributed by atoms with Gasteiger partial charge in [0.05, 0.1) is 15.6 Å². The van der Waals surface area contributed by atoms with E-state index in [4.69, 9.17) is 11.6 Å². The van der Waals surface area contributed by atoms with Crippen LogP contribution in [-0.4, -0.2) is 17.9 Å². The highest BCUT2D eigenvalue weighted by Gasteiger charge is 2.14. The quantitative estimate of drug-likeness (QED) is 0.534. The van der Waals surface area contributed by atoms with Gasteiger partial charge in [0.15, 0.2) is 0 Å². The maximum atomic E-state index is 12.5. The zero-order valence-electron chi connectivity index (χ0n) is 15.2. The zero-order chi connectivity index (χ0) is 18.9. The van der Waals surface area contributed by atoms with Gasteiger partial charge in [-0.15, -0.1) is 11.3 Å². The van der Waals surface area contributed by atoms with Crippen molar-refractivity contribution in [3.63, 3.8) is 0 Å². The number of hydrogen-bond donors (Lipinski definition) is 2. The van der Waals surface area contributed by atoms with Crippen molar-refractivity contribution in [1.82, 2.24) is 5.32 Å². The van der Waals surface area contributed by atoms with Crippen molar-refractivity contribution in [1.29, 1.82) is 0 Å². The molecule has 0 aliphatic rings. The van der Waals surface area contributed by atoms with Gasteiger partial charge in [-0.05, 0) is 43.0 Å². The SMILES string of the molecule is CCCCCCC(C)NC(=O)c1ccc(Cl)c(NC(=O)c2cccs2)c1. The zero-order valence-corrected chi connectivity index (χ0v) is 16.8. The van der Waals surface area contributed by atoms with E-state index in [-0.39, 0.29) is 17.9 Å². The van der Waals surface area contributed by atoms with Gasteiger partial charge >= 0.3 is 0 Å². The summed E-state index contributed by atoms with van der Waals surface area (Å²) >= 11 is 7.52. The molecule has 2 aromatic rings. The molecule has 0 aliphatic carbocycles. The number of anilines is 1. The Bertz CT molecular complexity index is 731. The monoisotopic (exact) mass is 392 g/mol. The van der Waals surface area contributed by atoms with E-state index in [0.717, 1.165) is 12.8 Å². The Morgan fingerprint density at radius 1 is 1.15 bits per heavy atom. The first-order valence-electron chi connectivity index (χ1n) is 8.96. The maximum Gasteiger partial charge on any atom is 0.265 e. The van der Waals surface area contributed by atoms with Gasteiger partial charge in [0.1, 0.15) is 0 Å². The largest absolute Gasteiger partial charge is 0.350 e. The molecule has 0 bridgehead atoms. The van der Waals surface area contributed by atoms with Crippen LogP contribution in [0.3, 0.4) is 0 Å². The minimum absolute atomic E-state index is 0.110. The van der Waals surface area contributed by atoms with Gasteiger partial charge in [-0.3, -0.25) is 9.59 Å². The molecule has 1 aromatic carbocycles. The highest BCUT2D eigenvalue weighted by molar-refractivity contribution is 7.12. The lowest BCUT2D eigenvalue weighted by Crippen LogP contribution is -2.32. The van der Waals surface area contributed by atoms with Gasteiger partial charge in [-0.2, -0.15) is 0 Å². The topological polar surface area (TPSA) is 58.2 Å². The molecule has 0 saturated heterocycles. The third-order valence-corrected chi connectivity index (χ3v) is 5.29. The van der Waals surface area contributed by atoms with Crippen LogP contribution in [0.25, 0.3) is 0 Å². The van der Waals surface area contributed by atoms with E-state index in [9.17, 15) is 9.59 Å². The average molecular weight is 393 g/mol. The van der Waals surface area contributed by atoms with E-state index < -0.39 is 0 Å². The van der Waals surface area contributed by atoms with Crippen LogP contribution in [0.5, 0.6) is 0 Å². The predicted molar refractivity (Wildman–Crippen MR) is 109 cm³/mol. The summed E-state index contributed by atoms with van der Waals surface area (Å²) < 4.78 is 0. The molecule has 2 amide bonds. The summed E-state index contributed by atoms with van der Waals surface area (Å²) in [5.41, 5.74) is 0.921. The number of unbranched alkanes of at least 4 members (excludes halogenated alkanes) is 3. The smallest absolute Gasteiger partial charge is 0.265 e. The van der Waals surface area contributed by atoms with E-state index in [1.807, 2.05) is 18.4 Å². The molecule has 140 valence electrons. The van der Waals surface area contributed by atoms with Crippen molar-refractivity contribution < 1.29 is 9.59 Å². The summed E-state index contributed by atoms with van der Waals surface area (Å²) in [6.07, 6.45) is 5.69. The first-order chi connectivity index (χ1) is 12.5. The molecule has 2 N–H and O–H groups in total. The fraction of sp³-hybridized carbons (Fsp3) is 0.400. The number of carbonyl (C=O) groups excluding carboxylic acids is 2. The van der Waals surface area contributed by atoms with E-state index >= 15 is 0 Å². The van der Waals surface area contributed by atoms with E-state index in [1.54, 1.807) is 24.3 Å². The van der Waals surface area contributed by atoms with Crippen LogP contribution < -0.4 is 10.6 Å². The van der Waals surface area contributed by atoms with E-state index in [2.05, 4.69) is 17.6 Å². The maximum absolute atomic E-state index is 12.5. The second-order valence-electron chi connectivity index (χ2n) is 6.35. The van der Waals surface area contributed by atoms with Crippen LogP contribution in [0, 0.1) is 0 Å². The van der Waals surface area contributed by atoms with Crippen molar-refractivity contribution in [2.24, 2.45) is 0 Å². The van der Waals surface area contributed by atoms with Gasteiger partial charge in [-0.25, -0.2) is 0 Å². The molecule has 2 rings (SSSR count). The van der Waals surface area contributed by atoms with Crippen molar-refractivity contribution >= 4 is 40.4 Å². The Morgan fingerprint density at radius 2 is 1.96 bits per heavy atom. The molecule has 0 spiro atoms. The Labute approximate surface area is 164 Å². The Balaban J connectivity index is 1.97. The molecular formula is C20H25ClN2O2S. The Morgan fingerprint density at radius 3 is 2.65 bits per heavy atom. The number of halogens is 1. The van der Waals surface area contributed by atoms with Crippen LogP contribution in [0.4, 0.5) is 5.69 Å². The Hall–Kier alpha value is -1.85. The van der Waals surface area contributed by atoms with Crippen LogP contribution in [0.1, 0.15) is 66.0 Å². The number of benzene rings is 1. The molecule has 0 radical (unpaired) electrons. The Kier molecular flexibility index (Phi) is 8.13. The van der Waals surface area contributed by atoms with Crippen LogP contribution in [0.15, 0.2) is 35.7 Å². The number of nitrogens with one attached hydrogen (secondary N) is 2. The lowest BCUT2D eigenvalue weighted by molar-refractivity contribution is 0.0936. The molecule has 0 fully saturated rings. The van der Waals surface area contributed by atoms with Gasteiger partial charge in [0, 0.05) is 11.6 Å². The minimum Gasteiger partial charge on any atom is -0.350 e. The summed E-state index contributed by atoms with van der Waals surface area (Å²) in [5.74, 6) is -0.389. The summed E-state index contributed by atoms with van der Waals surface area (Å²) in [6, 6.07) is 8.58. The van der Waals surface area contributed by atoms with Crippen molar-refractivity contribution in [3.8, 4) is 0 Å². The third-order valence-electron chi connectivity index (χ3n) is 4.09. The predicted octanol–water partition coefficient (Wildman–Crippen LogP) is 5.74. The second kappa shape index (κ2) is 10.3. The van der Waals surface area contributed by atoms with Gasteiger partial charge in [0.2, 0.25) is 0 Å². The lowest BCUT2D eigenvalue weighted by atomic mass is 10.1. The fourth-order valence-electron chi connectivity index (χ4n) is 2.61. The van der Waals surface area contributed by atoms with E-state index in [0.29, 0.717) is 21.2 Å². The summed E-state index contributed by atoms with van der Waals surface area (Å²) in [4.78, 5) is 25.2. The molecular weight excluding hydrogens is 368 g/mol. The van der Waals surface area contributed by atoms with Crippen molar-refractivity contribution in [2.45, 2.75) is 52.0 Å². The van der Waals surface area contributed by atoms with E-state index in [1.165, 1.54) is 30.6 Å². The summed E-state index contributed by atoms with van der Waals surface area (Å²) in [7, 11) is 0. The summed E-state index contributed by atoms with van der Waals surface area (Å²) in [5, 5.41) is 8.01. The number of amides is 2. The normalized spacial score (nSPS) is 11.8. The standard InChI is InChI=1S/C20H25ClN2O2S/c1-3-4-5-6-8-14(2)22-19(24)15-10-11-16(21)17(13-15)23-20(25)18-9-7-12-26-18/h7,9-14H,3-6,8H2,1-2H3,(H,22,24)(H,23,25). The highest BCUT2D eigenvalue weighted by atomic mass is 35.5. The highest BCUT2D eigenvalue weighted by Crippen LogP contribution is 2.24. The molecule has 1 aromatic heterocycles. The molecule has 1 heterocycles. The molecule has 1 unspecified atom stereocenters. The van der Waals surface area contributed by atoms with Gasteiger partial charge in [0.25, 0.3) is 11.8 Å². The minimum atomic E-state index is -0.233. The van der Waals surface area contributed by atoms with Crippen molar-refractivity contribution in [3.05, 3.63) is 51.2 Å². The number of thiophene rings is 1. The number of carbonyl (C=O) groups is 2. The van der Waals surface area contributed by atoms with Crippen LogP contribution in [0.2, 0.25) is 5.02 Å². The van der Waals surface area contributed by atoms with Crippen molar-refractivity contribution in [2.75, 3.05) is 5.32 Å².